The van der Waals surface area contributed by atoms with Crippen molar-refractivity contribution in [2.24, 2.45) is 8.73 Å². The van der Waals surface area contributed by atoms with E-state index in [1.807, 2.05) is 0 Å². The fourth-order valence-electron chi connectivity index (χ4n) is 1.66. The largest absolute Gasteiger partial charge is 0.382 e. The van der Waals surface area contributed by atoms with Crippen LogP contribution in [0.2, 0.25) is 10.0 Å². The number of hydrogen-bond donors (Lipinski definition) is 2. The van der Waals surface area contributed by atoms with Gasteiger partial charge in [-0.1, -0.05) is 23.2 Å². The van der Waals surface area contributed by atoms with Crippen LogP contribution in [-0.2, 0) is 11.4 Å². The molecule has 1 aromatic heterocycles. The third-order valence-corrected chi connectivity index (χ3v) is 3.68. The molecule has 0 aliphatic carbocycles. The highest BCUT2D eigenvalue weighted by Gasteiger charge is 2.21. The van der Waals surface area contributed by atoms with Crippen molar-refractivity contribution in [3.05, 3.63) is 34.2 Å². The molecule has 0 atom stereocenters. The summed E-state index contributed by atoms with van der Waals surface area (Å²) in [7, 11) is 0. The molecule has 10 heteroatoms. The van der Waals surface area contributed by atoms with E-state index in [1.165, 1.54) is 18.5 Å². The molecule has 0 radical (unpaired) electrons. The van der Waals surface area contributed by atoms with Crippen molar-refractivity contribution >= 4 is 63.3 Å². The van der Waals surface area contributed by atoms with Gasteiger partial charge in [-0.15, -0.1) is 0 Å². The third-order valence-electron chi connectivity index (χ3n) is 2.57. The number of rotatable bonds is 2. The number of amides is 1. The van der Waals surface area contributed by atoms with E-state index in [0.29, 0.717) is 22.1 Å². The molecule has 0 saturated carbocycles. The van der Waals surface area contributed by atoms with Crippen LogP contribution in [0, 0.1) is 0 Å². The van der Waals surface area contributed by atoms with Crippen LogP contribution in [0.3, 0.4) is 0 Å². The van der Waals surface area contributed by atoms with E-state index in [1.54, 1.807) is 0 Å². The van der Waals surface area contributed by atoms with Crippen LogP contribution in [0.15, 0.2) is 27.2 Å². The molecule has 21 heavy (non-hydrogen) atoms. The monoisotopic (exact) mass is 340 g/mol. The lowest BCUT2D eigenvalue weighted by atomic mass is 10.2. The molecule has 2 aromatic rings. The zero-order valence-electron chi connectivity index (χ0n) is 10.2. The molecule has 1 aliphatic rings. The van der Waals surface area contributed by atoms with Crippen molar-refractivity contribution in [3.8, 4) is 0 Å². The van der Waals surface area contributed by atoms with Crippen molar-refractivity contribution in [2.45, 2.75) is 0 Å². The van der Waals surface area contributed by atoms with Crippen LogP contribution in [0.25, 0.3) is 0 Å². The van der Waals surface area contributed by atoms with E-state index in [4.69, 9.17) is 28.9 Å². The first-order valence-electron chi connectivity index (χ1n) is 5.55. The quantitative estimate of drug-likeness (QED) is 0.745. The summed E-state index contributed by atoms with van der Waals surface area (Å²) in [6, 6.07) is 1.49. The number of hydrogen-bond acceptors (Lipinski definition) is 6. The maximum Gasteiger partial charge on any atom is 0.276 e. The second-order valence-corrected chi connectivity index (χ2v) is 5.30. The number of aromatic nitrogens is 2. The number of nitrogens with two attached hydrogens (primary N) is 1. The normalized spacial score (nSPS) is 11.9. The van der Waals surface area contributed by atoms with Crippen molar-refractivity contribution in [1.29, 1.82) is 0 Å². The van der Waals surface area contributed by atoms with Crippen LogP contribution in [0.5, 0.6) is 0 Å². The van der Waals surface area contributed by atoms with E-state index < -0.39 is 5.91 Å². The van der Waals surface area contributed by atoms with E-state index in [0.717, 1.165) is 11.4 Å². The maximum absolute atomic E-state index is 12.2. The van der Waals surface area contributed by atoms with E-state index in [-0.39, 0.29) is 16.5 Å². The summed E-state index contributed by atoms with van der Waals surface area (Å²) in [5.74, 6) is -0.362. The summed E-state index contributed by atoms with van der Waals surface area (Å²) in [4.78, 5) is 19.9. The van der Waals surface area contributed by atoms with E-state index >= 15 is 0 Å². The van der Waals surface area contributed by atoms with Crippen molar-refractivity contribution in [3.63, 3.8) is 0 Å². The second-order valence-electron chi connectivity index (χ2n) is 3.96. The first-order chi connectivity index (χ1) is 10.1. The molecule has 0 spiro atoms. The van der Waals surface area contributed by atoms with Gasteiger partial charge in [0.1, 0.15) is 22.9 Å². The molecule has 0 fully saturated rings. The Morgan fingerprint density at radius 3 is 2.71 bits per heavy atom. The number of carbonyl (C=O) groups is 1. The summed E-state index contributed by atoms with van der Waals surface area (Å²) in [5, 5.41) is 3.25. The Labute approximate surface area is 132 Å². The number of benzene rings is 1. The van der Waals surface area contributed by atoms with Gasteiger partial charge in [-0.05, 0) is 6.07 Å². The molecule has 1 aliphatic heterocycles. The molecule has 0 saturated heterocycles. The Hall–Kier alpha value is -2.03. The number of carbonyl (C=O) groups excluding carboxylic acids is 1. The molecular weight excluding hydrogens is 335 g/mol. The molecule has 3 N–H and O–H groups in total. The maximum atomic E-state index is 12.2. The number of nitrogen functional groups attached to an aromatic ring is 1. The van der Waals surface area contributed by atoms with Gasteiger partial charge in [0.15, 0.2) is 0 Å². The molecule has 2 heterocycles. The Morgan fingerprint density at radius 2 is 1.95 bits per heavy atom. The van der Waals surface area contributed by atoms with Gasteiger partial charge in [-0.25, -0.2) is 4.98 Å². The number of fused-ring (bicyclic) bond motifs is 1. The van der Waals surface area contributed by atoms with Crippen LogP contribution >= 0.6 is 23.2 Å². The van der Waals surface area contributed by atoms with Gasteiger partial charge in [-0.2, -0.15) is 8.73 Å². The fourth-order valence-corrected chi connectivity index (χ4v) is 2.82. The number of anilines is 2. The highest BCUT2D eigenvalue weighted by Crippen LogP contribution is 2.47. The first kappa shape index (κ1) is 13.9. The van der Waals surface area contributed by atoms with Gasteiger partial charge >= 0.3 is 0 Å². The molecule has 1 aromatic carbocycles. The SMILES string of the molecule is Nc1cncc(C(=O)Nc2c(Cl)cc(Cl)c3c2N=S=N3)n1. The molecule has 1 amide bonds. The van der Waals surface area contributed by atoms with Crippen molar-refractivity contribution in [1.82, 2.24) is 9.97 Å². The summed E-state index contributed by atoms with van der Waals surface area (Å²) >= 11 is 13.1. The molecule has 0 unspecified atom stereocenters. The summed E-state index contributed by atoms with van der Waals surface area (Å²) in [6.45, 7) is 0. The Kier molecular flexibility index (Phi) is 3.58. The van der Waals surface area contributed by atoms with Gasteiger partial charge < -0.3 is 11.1 Å². The van der Waals surface area contributed by atoms with E-state index in [2.05, 4.69) is 24.0 Å². The van der Waals surface area contributed by atoms with Gasteiger partial charge in [0, 0.05) is 0 Å². The fraction of sp³-hybridized carbons (Fsp3) is 0. The smallest absolute Gasteiger partial charge is 0.276 e. The van der Waals surface area contributed by atoms with Gasteiger partial charge in [-0.3, -0.25) is 9.78 Å². The lowest BCUT2D eigenvalue weighted by molar-refractivity contribution is 0.102. The minimum absolute atomic E-state index is 0.0670. The predicted octanol–water partition coefficient (Wildman–Crippen LogP) is 3.34. The zero-order chi connectivity index (χ0) is 15.0. The Balaban J connectivity index is 1.98. The third kappa shape index (κ3) is 2.60. The van der Waals surface area contributed by atoms with Gasteiger partial charge in [0.25, 0.3) is 5.91 Å². The molecule has 0 bridgehead atoms. The van der Waals surface area contributed by atoms with Crippen molar-refractivity contribution in [2.75, 3.05) is 11.1 Å². The van der Waals surface area contributed by atoms with Crippen LogP contribution in [-0.4, -0.2) is 15.9 Å². The second kappa shape index (κ2) is 5.40. The summed E-state index contributed by atoms with van der Waals surface area (Å²) in [5.41, 5.74) is 6.77. The predicted molar refractivity (Wildman–Crippen MR) is 82.4 cm³/mol. The van der Waals surface area contributed by atoms with Crippen molar-refractivity contribution < 1.29 is 4.79 Å². The number of nitrogens with zero attached hydrogens (tertiary/aromatic N) is 4. The highest BCUT2D eigenvalue weighted by atomic mass is 35.5. The Bertz CT molecular complexity index is 834. The molecule has 106 valence electrons. The van der Waals surface area contributed by atoms with Crippen LogP contribution < -0.4 is 11.1 Å². The van der Waals surface area contributed by atoms with Gasteiger partial charge in [0.2, 0.25) is 0 Å². The number of halogens is 2. The topological polar surface area (TPSA) is 106 Å². The first-order valence-corrected chi connectivity index (χ1v) is 7.04. The average Bonchev–Trinajstić information content (AvgIpc) is 2.93. The minimum Gasteiger partial charge on any atom is -0.382 e. The van der Waals surface area contributed by atoms with Crippen LogP contribution in [0.4, 0.5) is 22.9 Å². The number of nitrogens with one attached hydrogen (secondary N) is 1. The lowest BCUT2D eigenvalue weighted by Crippen LogP contribution is -2.15. The van der Waals surface area contributed by atoms with Gasteiger partial charge in [0.05, 0.1) is 39.5 Å². The zero-order valence-corrected chi connectivity index (χ0v) is 12.5. The minimum atomic E-state index is -0.506. The lowest BCUT2D eigenvalue weighted by Gasteiger charge is -2.10. The average molecular weight is 341 g/mol. The highest BCUT2D eigenvalue weighted by molar-refractivity contribution is 7.58. The molecule has 3 rings (SSSR count). The molecule has 7 nitrogen and oxygen atoms in total. The standard InChI is InChI=1S/C11H6Cl2N6OS/c12-4-1-5(13)9-10(19-21-18-9)8(4)17-11(20)6-2-15-3-7(14)16-6/h1-3H,(H2,14,16)(H,17,20). The Morgan fingerprint density at radius 1 is 1.19 bits per heavy atom. The summed E-state index contributed by atoms with van der Waals surface area (Å²) in [6.07, 6.45) is 2.64. The van der Waals surface area contributed by atoms with E-state index in [9.17, 15) is 4.79 Å². The summed E-state index contributed by atoms with van der Waals surface area (Å²) < 4.78 is 8.15. The van der Waals surface area contributed by atoms with Crippen LogP contribution in [0.1, 0.15) is 10.5 Å². The molecular formula is C11H6Cl2N6OS.